The minimum absolute atomic E-state index is 0.0313. The molecule has 0 saturated heterocycles. The summed E-state index contributed by atoms with van der Waals surface area (Å²) in [5.41, 5.74) is 0.333. The van der Waals surface area contributed by atoms with Crippen molar-refractivity contribution in [2.45, 2.75) is 9.92 Å². The first-order valence-corrected chi connectivity index (χ1v) is 7.82. The third-order valence-electron chi connectivity index (χ3n) is 3.06. The highest BCUT2D eigenvalue weighted by Gasteiger charge is 2.25. The maximum absolute atomic E-state index is 12.6. The van der Waals surface area contributed by atoms with E-state index in [-0.39, 0.29) is 15.5 Å². The molecular formula is C14H9ClN2O3S. The number of fused-ring (bicyclic) bond motifs is 1. The Balaban J connectivity index is 2.33. The summed E-state index contributed by atoms with van der Waals surface area (Å²) in [5, 5.41) is 0.536. The van der Waals surface area contributed by atoms with Gasteiger partial charge in [0, 0.05) is 11.6 Å². The van der Waals surface area contributed by atoms with E-state index in [0.29, 0.717) is 22.3 Å². The fourth-order valence-corrected chi connectivity index (χ4v) is 3.68. The summed E-state index contributed by atoms with van der Waals surface area (Å²) in [5.74, 6) is 0. The van der Waals surface area contributed by atoms with E-state index >= 15 is 0 Å². The molecule has 2 heterocycles. The van der Waals surface area contributed by atoms with Crippen molar-refractivity contribution in [2.24, 2.45) is 0 Å². The third-order valence-corrected chi connectivity index (χ3v) is 5.02. The number of nitrogens with zero attached hydrogens (tertiary/aromatic N) is 1. The number of pyridine rings is 1. The molecule has 0 aliphatic rings. The largest absolute Gasteiger partial charge is 0.329 e. The van der Waals surface area contributed by atoms with Crippen LogP contribution in [-0.2, 0) is 9.84 Å². The summed E-state index contributed by atoms with van der Waals surface area (Å²) in [4.78, 5) is 18.1. The quantitative estimate of drug-likeness (QED) is 0.752. The Morgan fingerprint density at radius 3 is 2.57 bits per heavy atom. The Morgan fingerprint density at radius 2 is 1.90 bits per heavy atom. The standard InChI is InChI=1S/C14H9ClN2O3S/c15-9-6-11-12(8-18)14(17-13(11)16-7-9)21(19,20)10-4-2-1-3-5-10/h1-8H,(H,16,17). The summed E-state index contributed by atoms with van der Waals surface area (Å²) in [7, 11) is -3.83. The van der Waals surface area contributed by atoms with Gasteiger partial charge in [-0.15, -0.1) is 0 Å². The van der Waals surface area contributed by atoms with E-state index in [4.69, 9.17) is 11.6 Å². The van der Waals surface area contributed by atoms with Crippen molar-refractivity contribution < 1.29 is 13.2 Å². The Hall–Kier alpha value is -2.18. The lowest BCUT2D eigenvalue weighted by Gasteiger charge is -2.02. The van der Waals surface area contributed by atoms with E-state index in [9.17, 15) is 13.2 Å². The van der Waals surface area contributed by atoms with Gasteiger partial charge in [0.25, 0.3) is 0 Å². The topological polar surface area (TPSA) is 79.9 Å². The number of aromatic nitrogens is 2. The molecule has 21 heavy (non-hydrogen) atoms. The van der Waals surface area contributed by atoms with E-state index in [0.717, 1.165) is 0 Å². The predicted molar refractivity (Wildman–Crippen MR) is 78.4 cm³/mol. The van der Waals surface area contributed by atoms with Crippen molar-refractivity contribution >= 4 is 38.8 Å². The van der Waals surface area contributed by atoms with Crippen LogP contribution in [0, 0.1) is 0 Å². The first-order valence-electron chi connectivity index (χ1n) is 5.96. The lowest BCUT2D eigenvalue weighted by molar-refractivity contribution is 0.112. The van der Waals surface area contributed by atoms with Crippen molar-refractivity contribution in [1.82, 2.24) is 9.97 Å². The molecule has 2 aromatic heterocycles. The molecular weight excluding hydrogens is 312 g/mol. The zero-order valence-corrected chi connectivity index (χ0v) is 12.1. The molecule has 1 N–H and O–H groups in total. The van der Waals surface area contributed by atoms with Crippen molar-refractivity contribution in [3.05, 3.63) is 53.2 Å². The molecule has 0 unspecified atom stereocenters. The maximum Gasteiger partial charge on any atom is 0.222 e. The fourth-order valence-electron chi connectivity index (χ4n) is 2.09. The van der Waals surface area contributed by atoms with Crippen molar-refractivity contribution in [1.29, 1.82) is 0 Å². The van der Waals surface area contributed by atoms with Crippen LogP contribution in [0.2, 0.25) is 5.02 Å². The molecule has 0 aliphatic heterocycles. The van der Waals surface area contributed by atoms with Crippen LogP contribution < -0.4 is 0 Å². The second-order valence-corrected chi connectivity index (χ2v) is 6.67. The summed E-state index contributed by atoms with van der Waals surface area (Å²) >= 11 is 5.85. The average molecular weight is 321 g/mol. The van der Waals surface area contributed by atoms with E-state index in [2.05, 4.69) is 9.97 Å². The molecule has 3 aromatic rings. The van der Waals surface area contributed by atoms with Crippen molar-refractivity contribution in [3.8, 4) is 0 Å². The maximum atomic E-state index is 12.6. The van der Waals surface area contributed by atoms with Gasteiger partial charge in [-0.25, -0.2) is 13.4 Å². The number of carbonyl (C=O) groups is 1. The van der Waals surface area contributed by atoms with Crippen LogP contribution >= 0.6 is 11.6 Å². The smallest absolute Gasteiger partial charge is 0.222 e. The molecule has 0 amide bonds. The predicted octanol–water partition coefficient (Wildman–Crippen LogP) is 2.86. The molecule has 0 fully saturated rings. The van der Waals surface area contributed by atoms with Crippen LogP contribution in [0.5, 0.6) is 0 Å². The van der Waals surface area contributed by atoms with Gasteiger partial charge < -0.3 is 4.98 Å². The third kappa shape index (κ3) is 2.22. The summed E-state index contributed by atoms with van der Waals surface area (Å²) in [6.45, 7) is 0. The van der Waals surface area contributed by atoms with Crippen LogP contribution in [0.15, 0.2) is 52.5 Å². The number of aldehydes is 1. The van der Waals surface area contributed by atoms with Gasteiger partial charge in [0.1, 0.15) is 10.7 Å². The Kier molecular flexibility index (Phi) is 3.27. The summed E-state index contributed by atoms with van der Waals surface area (Å²) < 4.78 is 25.2. The number of benzene rings is 1. The first-order chi connectivity index (χ1) is 10.0. The lowest BCUT2D eigenvalue weighted by Crippen LogP contribution is -2.04. The number of hydrogen-bond donors (Lipinski definition) is 1. The number of carbonyl (C=O) groups excluding carboxylic acids is 1. The lowest BCUT2D eigenvalue weighted by atomic mass is 10.2. The van der Waals surface area contributed by atoms with E-state index < -0.39 is 9.84 Å². The van der Waals surface area contributed by atoms with Crippen LogP contribution in [0.3, 0.4) is 0 Å². The normalized spacial score (nSPS) is 11.7. The van der Waals surface area contributed by atoms with Gasteiger partial charge in [-0.1, -0.05) is 29.8 Å². The molecule has 0 spiro atoms. The molecule has 0 atom stereocenters. The van der Waals surface area contributed by atoms with Crippen molar-refractivity contribution in [3.63, 3.8) is 0 Å². The molecule has 0 aliphatic carbocycles. The van der Waals surface area contributed by atoms with Gasteiger partial charge in [-0.05, 0) is 18.2 Å². The molecule has 0 radical (unpaired) electrons. The number of aromatic amines is 1. The zero-order chi connectivity index (χ0) is 15.0. The molecule has 1 aromatic carbocycles. The van der Waals surface area contributed by atoms with Crippen molar-refractivity contribution in [2.75, 3.05) is 0 Å². The molecule has 5 nitrogen and oxygen atoms in total. The van der Waals surface area contributed by atoms with Gasteiger partial charge in [0.15, 0.2) is 6.29 Å². The first kappa shape index (κ1) is 13.8. The summed E-state index contributed by atoms with van der Waals surface area (Å²) in [6, 6.07) is 9.39. The fraction of sp³-hybridized carbons (Fsp3) is 0. The van der Waals surface area contributed by atoms with Gasteiger partial charge in [0.05, 0.1) is 15.5 Å². The number of halogens is 1. The van der Waals surface area contributed by atoms with Gasteiger partial charge in [-0.2, -0.15) is 0 Å². The van der Waals surface area contributed by atoms with Crippen LogP contribution in [0.1, 0.15) is 10.4 Å². The minimum atomic E-state index is -3.83. The number of nitrogens with one attached hydrogen (secondary N) is 1. The van der Waals surface area contributed by atoms with Gasteiger partial charge >= 0.3 is 0 Å². The molecule has 3 rings (SSSR count). The van der Waals surface area contributed by atoms with Crippen LogP contribution in [0.4, 0.5) is 0 Å². The highest BCUT2D eigenvalue weighted by atomic mass is 35.5. The monoisotopic (exact) mass is 320 g/mol. The van der Waals surface area contributed by atoms with E-state index in [1.54, 1.807) is 18.2 Å². The zero-order valence-electron chi connectivity index (χ0n) is 10.6. The second-order valence-electron chi connectivity index (χ2n) is 4.35. The second kappa shape index (κ2) is 4.98. The Labute approximate surface area is 125 Å². The Bertz CT molecular complexity index is 934. The SMILES string of the molecule is O=Cc1c(S(=O)(=O)c2ccccc2)[nH]c2ncc(Cl)cc12. The number of rotatable bonds is 3. The highest BCUT2D eigenvalue weighted by molar-refractivity contribution is 7.91. The Morgan fingerprint density at radius 1 is 1.19 bits per heavy atom. The average Bonchev–Trinajstić information content (AvgIpc) is 2.86. The van der Waals surface area contributed by atoms with Crippen LogP contribution in [0.25, 0.3) is 11.0 Å². The van der Waals surface area contributed by atoms with E-state index in [1.807, 2.05) is 0 Å². The van der Waals surface area contributed by atoms with Gasteiger partial charge in [0.2, 0.25) is 9.84 Å². The molecule has 0 bridgehead atoms. The summed E-state index contributed by atoms with van der Waals surface area (Å²) in [6.07, 6.45) is 1.88. The minimum Gasteiger partial charge on any atom is -0.329 e. The molecule has 7 heteroatoms. The number of H-pyrrole nitrogens is 1. The highest BCUT2D eigenvalue weighted by Crippen LogP contribution is 2.29. The van der Waals surface area contributed by atoms with Crippen LogP contribution in [-0.4, -0.2) is 24.7 Å². The number of hydrogen-bond acceptors (Lipinski definition) is 4. The molecule has 106 valence electrons. The van der Waals surface area contributed by atoms with E-state index in [1.165, 1.54) is 24.4 Å². The number of sulfone groups is 1. The molecule has 0 saturated carbocycles. The van der Waals surface area contributed by atoms with Gasteiger partial charge in [-0.3, -0.25) is 4.79 Å².